The first-order chi connectivity index (χ1) is 7.69. The van der Waals surface area contributed by atoms with Crippen molar-refractivity contribution >= 4 is 0 Å². The molecule has 0 unspecified atom stereocenters. The van der Waals surface area contributed by atoms with Gasteiger partial charge in [0.2, 0.25) is 0 Å². The molecule has 1 heterocycles. The summed E-state index contributed by atoms with van der Waals surface area (Å²) in [5.41, 5.74) is 4.17. The maximum Gasteiger partial charge on any atom is 0.252 e. The smallest absolute Gasteiger partial charge is 0.252 e. The maximum absolute atomic E-state index is 5.62. The van der Waals surface area contributed by atoms with E-state index in [0.717, 1.165) is 19.4 Å². The number of unbranched alkanes of at least 4 members (excludes halogenated alkanes) is 1. The lowest BCUT2D eigenvalue weighted by molar-refractivity contribution is -0.733. The molecule has 2 nitrogen and oxygen atoms in total. The monoisotopic (exact) mass is 222 g/mol. The molecule has 1 rings (SSSR count). The molecule has 0 N–H and O–H groups in total. The summed E-state index contributed by atoms with van der Waals surface area (Å²) in [6.07, 6.45) is 7.79. The number of aryl methyl sites for hydroxylation is 2. The Kier molecular flexibility index (Phi) is 5.47. The van der Waals surface area contributed by atoms with Crippen LogP contribution in [0.25, 0.3) is 0 Å². The standard InChI is InChI=1S/C14H24NO/c1-5-7-8-16-11-15-9-12(3)13(4)14(6-2)10-15/h9-10H,5-8,11H2,1-4H3/q+1. The number of hydrogen-bond acceptors (Lipinski definition) is 1. The van der Waals surface area contributed by atoms with Crippen molar-refractivity contribution in [3.8, 4) is 0 Å². The van der Waals surface area contributed by atoms with Crippen LogP contribution in [0.4, 0.5) is 0 Å². The molecule has 0 saturated heterocycles. The average Bonchev–Trinajstić information content (AvgIpc) is 2.29. The van der Waals surface area contributed by atoms with Crippen molar-refractivity contribution in [2.75, 3.05) is 6.61 Å². The first-order valence-corrected chi connectivity index (χ1v) is 6.26. The predicted octanol–water partition coefficient (Wildman–Crippen LogP) is 2.93. The van der Waals surface area contributed by atoms with Gasteiger partial charge in [0.15, 0.2) is 12.4 Å². The lowest BCUT2D eigenvalue weighted by Crippen LogP contribution is -2.36. The van der Waals surface area contributed by atoms with Gasteiger partial charge in [0, 0.05) is 11.1 Å². The zero-order valence-corrected chi connectivity index (χ0v) is 11.0. The van der Waals surface area contributed by atoms with Gasteiger partial charge in [0.05, 0.1) is 6.61 Å². The van der Waals surface area contributed by atoms with E-state index >= 15 is 0 Å². The molecule has 1 aromatic heterocycles. The van der Waals surface area contributed by atoms with Gasteiger partial charge >= 0.3 is 0 Å². The van der Waals surface area contributed by atoms with Gasteiger partial charge in [-0.15, -0.1) is 0 Å². The largest absolute Gasteiger partial charge is 0.323 e. The van der Waals surface area contributed by atoms with Crippen molar-refractivity contribution in [1.82, 2.24) is 0 Å². The lowest BCUT2D eigenvalue weighted by Gasteiger charge is -2.06. The summed E-state index contributed by atoms with van der Waals surface area (Å²) in [5, 5.41) is 0. The molecule has 0 saturated carbocycles. The van der Waals surface area contributed by atoms with Gasteiger partial charge in [-0.2, -0.15) is 4.57 Å². The summed E-state index contributed by atoms with van der Waals surface area (Å²) in [6.45, 7) is 10.3. The molecule has 0 spiro atoms. The van der Waals surface area contributed by atoms with Crippen LogP contribution < -0.4 is 4.57 Å². The van der Waals surface area contributed by atoms with E-state index in [0.29, 0.717) is 6.73 Å². The van der Waals surface area contributed by atoms with Crippen LogP contribution in [0, 0.1) is 13.8 Å². The van der Waals surface area contributed by atoms with Gasteiger partial charge in [-0.3, -0.25) is 0 Å². The Morgan fingerprint density at radius 2 is 1.94 bits per heavy atom. The van der Waals surface area contributed by atoms with Crippen molar-refractivity contribution in [3.63, 3.8) is 0 Å². The van der Waals surface area contributed by atoms with Crippen molar-refractivity contribution in [2.24, 2.45) is 0 Å². The minimum Gasteiger partial charge on any atom is -0.323 e. The zero-order chi connectivity index (χ0) is 12.0. The molecule has 16 heavy (non-hydrogen) atoms. The summed E-state index contributed by atoms with van der Waals surface area (Å²) in [5.74, 6) is 0. The number of hydrogen-bond donors (Lipinski definition) is 0. The normalized spacial score (nSPS) is 10.8. The summed E-state index contributed by atoms with van der Waals surface area (Å²) >= 11 is 0. The Morgan fingerprint density at radius 3 is 2.56 bits per heavy atom. The summed E-state index contributed by atoms with van der Waals surface area (Å²) < 4.78 is 7.77. The van der Waals surface area contributed by atoms with Gasteiger partial charge in [0.25, 0.3) is 6.73 Å². The average molecular weight is 222 g/mol. The number of rotatable bonds is 6. The molecule has 1 aromatic rings. The van der Waals surface area contributed by atoms with Crippen LogP contribution in [0.1, 0.15) is 43.4 Å². The molecule has 0 aliphatic rings. The zero-order valence-electron chi connectivity index (χ0n) is 11.0. The van der Waals surface area contributed by atoms with E-state index in [4.69, 9.17) is 4.74 Å². The number of pyridine rings is 1. The predicted molar refractivity (Wildman–Crippen MR) is 66.3 cm³/mol. The minimum atomic E-state index is 0.675. The first-order valence-electron chi connectivity index (χ1n) is 6.26. The molecule has 0 bridgehead atoms. The quantitative estimate of drug-likeness (QED) is 0.533. The number of ether oxygens (including phenoxy) is 1. The first kappa shape index (κ1) is 13.2. The Morgan fingerprint density at radius 1 is 1.19 bits per heavy atom. The van der Waals surface area contributed by atoms with Gasteiger partial charge in [0.1, 0.15) is 0 Å². The van der Waals surface area contributed by atoms with Crippen molar-refractivity contribution in [3.05, 3.63) is 29.1 Å². The van der Waals surface area contributed by atoms with Crippen LogP contribution in [0.2, 0.25) is 0 Å². The van der Waals surface area contributed by atoms with E-state index in [1.165, 1.54) is 23.1 Å². The fourth-order valence-electron chi connectivity index (χ4n) is 1.78. The molecule has 90 valence electrons. The molecule has 2 heteroatoms. The van der Waals surface area contributed by atoms with Crippen molar-refractivity contribution < 1.29 is 9.30 Å². The van der Waals surface area contributed by atoms with Crippen LogP contribution in [-0.2, 0) is 17.9 Å². The van der Waals surface area contributed by atoms with E-state index in [-0.39, 0.29) is 0 Å². The van der Waals surface area contributed by atoms with E-state index < -0.39 is 0 Å². The third-order valence-corrected chi connectivity index (χ3v) is 3.02. The third kappa shape index (κ3) is 3.60. The Hall–Kier alpha value is -0.890. The third-order valence-electron chi connectivity index (χ3n) is 3.02. The van der Waals surface area contributed by atoms with Gasteiger partial charge < -0.3 is 4.74 Å². The Bertz CT molecular complexity index is 334. The molecule has 0 aliphatic heterocycles. The summed E-state index contributed by atoms with van der Waals surface area (Å²) in [4.78, 5) is 0. The highest BCUT2D eigenvalue weighted by Crippen LogP contribution is 2.10. The molecular formula is C14H24NO+. The number of aromatic nitrogens is 1. The van der Waals surface area contributed by atoms with E-state index in [1.54, 1.807) is 0 Å². The molecule has 0 atom stereocenters. The van der Waals surface area contributed by atoms with E-state index in [1.807, 2.05) is 0 Å². The van der Waals surface area contributed by atoms with E-state index in [2.05, 4.69) is 44.7 Å². The lowest BCUT2D eigenvalue weighted by atomic mass is 10.1. The maximum atomic E-state index is 5.62. The second-order valence-electron chi connectivity index (χ2n) is 4.35. The van der Waals surface area contributed by atoms with Gasteiger partial charge in [-0.25, -0.2) is 0 Å². The second kappa shape index (κ2) is 6.64. The van der Waals surface area contributed by atoms with Gasteiger partial charge in [-0.05, 0) is 32.3 Å². The Labute approximate surface area is 99.3 Å². The minimum absolute atomic E-state index is 0.675. The summed E-state index contributed by atoms with van der Waals surface area (Å²) in [7, 11) is 0. The van der Waals surface area contributed by atoms with Crippen LogP contribution in [0.15, 0.2) is 12.4 Å². The Balaban J connectivity index is 2.63. The molecule has 0 aliphatic carbocycles. The highest BCUT2D eigenvalue weighted by molar-refractivity contribution is 5.26. The van der Waals surface area contributed by atoms with Crippen LogP contribution >= 0.6 is 0 Å². The molecule has 0 aromatic carbocycles. The SMILES string of the molecule is CCCCOC[n+]1cc(C)c(C)c(CC)c1. The molecule has 0 radical (unpaired) electrons. The van der Waals surface area contributed by atoms with Gasteiger partial charge in [-0.1, -0.05) is 20.3 Å². The van der Waals surface area contributed by atoms with Crippen molar-refractivity contribution in [1.29, 1.82) is 0 Å². The fraction of sp³-hybridized carbons (Fsp3) is 0.643. The topological polar surface area (TPSA) is 13.1 Å². The summed E-state index contributed by atoms with van der Waals surface area (Å²) in [6, 6.07) is 0. The fourth-order valence-corrected chi connectivity index (χ4v) is 1.78. The number of nitrogens with zero attached hydrogens (tertiary/aromatic N) is 1. The van der Waals surface area contributed by atoms with Crippen molar-refractivity contribution in [2.45, 2.75) is 53.7 Å². The highest BCUT2D eigenvalue weighted by atomic mass is 16.5. The van der Waals surface area contributed by atoms with Crippen LogP contribution in [0.5, 0.6) is 0 Å². The molecule has 0 fully saturated rings. The van der Waals surface area contributed by atoms with Crippen LogP contribution in [0.3, 0.4) is 0 Å². The van der Waals surface area contributed by atoms with Crippen LogP contribution in [-0.4, -0.2) is 6.61 Å². The molecular weight excluding hydrogens is 198 g/mol. The second-order valence-corrected chi connectivity index (χ2v) is 4.35. The molecule has 0 amide bonds. The highest BCUT2D eigenvalue weighted by Gasteiger charge is 2.08. The van der Waals surface area contributed by atoms with E-state index in [9.17, 15) is 0 Å².